The molecular weight excluding hydrogens is 429 g/mol. The van der Waals surface area contributed by atoms with Gasteiger partial charge in [-0.3, -0.25) is 9.89 Å². The first-order valence-corrected chi connectivity index (χ1v) is 9.22. The summed E-state index contributed by atoms with van der Waals surface area (Å²) >= 11 is 0. The van der Waals surface area contributed by atoms with E-state index in [2.05, 4.69) is 41.2 Å². The maximum Gasteiger partial charge on any atom is 0.193 e. The monoisotopic (exact) mass is 463 g/mol. The fraction of sp³-hybridized carbons (Fsp3) is 0.778. The van der Waals surface area contributed by atoms with Crippen LogP contribution in [0.15, 0.2) is 9.52 Å². The van der Waals surface area contributed by atoms with E-state index in [1.54, 1.807) is 0 Å². The number of likely N-dealkylation sites (N-methyl/N-ethyl adjacent to an activating group) is 2. The molecule has 25 heavy (non-hydrogen) atoms. The van der Waals surface area contributed by atoms with E-state index in [0.717, 1.165) is 50.0 Å². The number of hydrogen-bond acceptors (Lipinski definition) is 4. The molecule has 2 heterocycles. The number of nitrogens with zero attached hydrogens (tertiary/aromatic N) is 4. The van der Waals surface area contributed by atoms with Gasteiger partial charge in [-0.15, -0.1) is 24.0 Å². The van der Waals surface area contributed by atoms with Gasteiger partial charge in [0.05, 0.1) is 5.69 Å². The summed E-state index contributed by atoms with van der Waals surface area (Å²) in [6, 6.07) is 0.645. The lowest BCUT2D eigenvalue weighted by atomic mass is 10.1. The van der Waals surface area contributed by atoms with Crippen molar-refractivity contribution in [2.75, 3.05) is 39.8 Å². The van der Waals surface area contributed by atoms with E-state index in [9.17, 15) is 0 Å². The van der Waals surface area contributed by atoms with Crippen LogP contribution >= 0.6 is 24.0 Å². The number of halogens is 1. The molecule has 144 valence electrons. The molecule has 0 radical (unpaired) electrons. The molecule has 0 bridgehead atoms. The summed E-state index contributed by atoms with van der Waals surface area (Å²) in [6.45, 7) is 13.4. The van der Waals surface area contributed by atoms with Crippen molar-refractivity contribution in [3.8, 4) is 0 Å². The zero-order valence-corrected chi connectivity index (χ0v) is 18.7. The lowest BCUT2D eigenvalue weighted by Gasteiger charge is -2.29. The number of rotatable bonds is 7. The fourth-order valence-electron chi connectivity index (χ4n) is 3.52. The third-order valence-electron chi connectivity index (χ3n) is 4.89. The lowest BCUT2D eigenvalue weighted by Crippen LogP contribution is -2.46. The molecule has 7 heteroatoms. The van der Waals surface area contributed by atoms with E-state index in [1.807, 2.05) is 13.8 Å². The molecule has 0 saturated carbocycles. The Morgan fingerprint density at radius 2 is 2.16 bits per heavy atom. The third-order valence-corrected chi connectivity index (χ3v) is 4.89. The Labute approximate surface area is 169 Å². The van der Waals surface area contributed by atoms with Gasteiger partial charge in [0.15, 0.2) is 5.96 Å². The average molecular weight is 463 g/mol. The van der Waals surface area contributed by atoms with E-state index < -0.39 is 0 Å². The van der Waals surface area contributed by atoms with Crippen molar-refractivity contribution >= 4 is 29.9 Å². The number of hydrogen-bond donors (Lipinski definition) is 1. The maximum absolute atomic E-state index is 5.23. The van der Waals surface area contributed by atoms with Gasteiger partial charge in [-0.2, -0.15) is 0 Å². The molecular formula is C18H34IN5O. The van der Waals surface area contributed by atoms with Gasteiger partial charge < -0.3 is 14.7 Å². The van der Waals surface area contributed by atoms with Crippen LogP contribution < -0.4 is 5.32 Å². The number of aromatic nitrogens is 1. The molecule has 1 atom stereocenters. The van der Waals surface area contributed by atoms with Gasteiger partial charge in [0.2, 0.25) is 0 Å². The first-order chi connectivity index (χ1) is 11.6. The van der Waals surface area contributed by atoms with Gasteiger partial charge in [-0.1, -0.05) is 12.1 Å². The number of likely N-dealkylation sites (tertiary alicyclic amines) is 1. The molecule has 1 fully saturated rings. The molecule has 6 nitrogen and oxygen atoms in total. The molecule has 1 unspecified atom stereocenters. The number of aryl methyl sites for hydroxylation is 2. The molecule has 1 aliphatic heterocycles. The Hall–Kier alpha value is -0.830. The second-order valence-corrected chi connectivity index (χ2v) is 6.59. The zero-order chi connectivity index (χ0) is 17.5. The number of nitrogens with one attached hydrogen (secondary N) is 1. The zero-order valence-electron chi connectivity index (χ0n) is 16.3. The van der Waals surface area contributed by atoms with E-state index in [-0.39, 0.29) is 24.0 Å². The summed E-state index contributed by atoms with van der Waals surface area (Å²) in [5, 5.41) is 7.43. The predicted molar refractivity (Wildman–Crippen MR) is 114 cm³/mol. The maximum atomic E-state index is 5.23. The van der Waals surface area contributed by atoms with Gasteiger partial charge in [-0.25, -0.2) is 0 Å². The van der Waals surface area contributed by atoms with Crippen LogP contribution in [0.5, 0.6) is 0 Å². The highest BCUT2D eigenvalue weighted by Gasteiger charge is 2.24. The van der Waals surface area contributed by atoms with Crippen LogP contribution in [0.4, 0.5) is 0 Å². The molecule has 0 aliphatic carbocycles. The summed E-state index contributed by atoms with van der Waals surface area (Å²) in [5.74, 6) is 1.90. The highest BCUT2D eigenvalue weighted by atomic mass is 127. The lowest BCUT2D eigenvalue weighted by molar-refractivity contribution is 0.232. The van der Waals surface area contributed by atoms with Crippen LogP contribution in [0.3, 0.4) is 0 Å². The normalized spacial score (nSPS) is 18.3. The van der Waals surface area contributed by atoms with E-state index in [0.29, 0.717) is 6.04 Å². The summed E-state index contributed by atoms with van der Waals surface area (Å²) in [5.41, 5.74) is 2.16. The first-order valence-electron chi connectivity index (χ1n) is 9.22. The molecule has 0 spiro atoms. The minimum Gasteiger partial charge on any atom is -0.361 e. The van der Waals surface area contributed by atoms with Gasteiger partial charge >= 0.3 is 0 Å². The second-order valence-electron chi connectivity index (χ2n) is 6.59. The third kappa shape index (κ3) is 6.13. The van der Waals surface area contributed by atoms with Crippen LogP contribution in [-0.4, -0.2) is 66.7 Å². The Bertz CT molecular complexity index is 526. The Kier molecular flexibility index (Phi) is 9.78. The van der Waals surface area contributed by atoms with Crippen molar-refractivity contribution in [1.82, 2.24) is 20.3 Å². The van der Waals surface area contributed by atoms with Gasteiger partial charge in [-0.05, 0) is 53.1 Å². The second kappa shape index (κ2) is 11.0. The quantitative estimate of drug-likeness (QED) is 0.383. The average Bonchev–Trinajstić information content (AvgIpc) is 3.14. The van der Waals surface area contributed by atoms with E-state index in [1.165, 1.54) is 24.9 Å². The Morgan fingerprint density at radius 3 is 2.76 bits per heavy atom. The standard InChI is InChI=1S/C18H33N5O.HI/c1-6-19-18(20-11-10-17-14(3)21-24-15(17)4)22(5)13-16-9-8-12-23(16)7-2;/h16H,6-13H2,1-5H3,(H,19,20);1H. The van der Waals surface area contributed by atoms with Crippen LogP contribution in [0.1, 0.15) is 43.7 Å². The van der Waals surface area contributed by atoms with Crippen molar-refractivity contribution in [2.45, 2.75) is 53.0 Å². The summed E-state index contributed by atoms with van der Waals surface area (Å²) < 4.78 is 5.23. The smallest absolute Gasteiger partial charge is 0.193 e. The van der Waals surface area contributed by atoms with Crippen molar-refractivity contribution in [3.05, 3.63) is 17.0 Å². The molecule has 1 N–H and O–H groups in total. The van der Waals surface area contributed by atoms with Crippen LogP contribution in [0.25, 0.3) is 0 Å². The van der Waals surface area contributed by atoms with Crippen molar-refractivity contribution in [3.63, 3.8) is 0 Å². The minimum atomic E-state index is 0. The van der Waals surface area contributed by atoms with E-state index in [4.69, 9.17) is 9.52 Å². The fourth-order valence-corrected chi connectivity index (χ4v) is 3.52. The van der Waals surface area contributed by atoms with Crippen molar-refractivity contribution < 1.29 is 4.52 Å². The summed E-state index contributed by atoms with van der Waals surface area (Å²) in [6.07, 6.45) is 3.47. The summed E-state index contributed by atoms with van der Waals surface area (Å²) in [4.78, 5) is 9.65. The van der Waals surface area contributed by atoms with E-state index >= 15 is 0 Å². The molecule has 0 aromatic carbocycles. The molecule has 2 rings (SSSR count). The largest absolute Gasteiger partial charge is 0.361 e. The minimum absolute atomic E-state index is 0. The van der Waals surface area contributed by atoms with Crippen molar-refractivity contribution in [1.29, 1.82) is 0 Å². The molecule has 1 aromatic heterocycles. The van der Waals surface area contributed by atoms with Crippen molar-refractivity contribution in [2.24, 2.45) is 4.99 Å². The molecule has 0 amide bonds. The highest BCUT2D eigenvalue weighted by Crippen LogP contribution is 2.17. The molecule has 1 aromatic rings. The molecule has 1 aliphatic rings. The Morgan fingerprint density at radius 1 is 1.40 bits per heavy atom. The highest BCUT2D eigenvalue weighted by molar-refractivity contribution is 14.0. The topological polar surface area (TPSA) is 56.9 Å². The Balaban J connectivity index is 0.00000312. The SMILES string of the molecule is CCNC(=NCCc1c(C)noc1C)N(C)CC1CCCN1CC.I. The number of guanidine groups is 1. The number of aliphatic imine (C=N–C) groups is 1. The van der Waals surface area contributed by atoms with Gasteiger partial charge in [0.25, 0.3) is 0 Å². The van der Waals surface area contributed by atoms with Gasteiger partial charge in [0.1, 0.15) is 5.76 Å². The van der Waals surface area contributed by atoms with Crippen LogP contribution in [0.2, 0.25) is 0 Å². The first kappa shape index (κ1) is 22.2. The molecule has 1 saturated heterocycles. The van der Waals surface area contributed by atoms with Gasteiger partial charge in [0, 0.05) is 38.3 Å². The summed E-state index contributed by atoms with van der Waals surface area (Å²) in [7, 11) is 2.14. The predicted octanol–water partition coefficient (Wildman–Crippen LogP) is 2.83. The van der Waals surface area contributed by atoms with Crippen LogP contribution in [0, 0.1) is 13.8 Å². The van der Waals surface area contributed by atoms with Crippen LogP contribution in [-0.2, 0) is 6.42 Å².